The van der Waals surface area contributed by atoms with Crippen LogP contribution < -0.4 is 15.8 Å². The van der Waals surface area contributed by atoms with Crippen LogP contribution in [0.4, 0.5) is 5.69 Å². The fraction of sp³-hybridized carbons (Fsp3) is 0.462. The van der Waals surface area contributed by atoms with Gasteiger partial charge in [-0.2, -0.15) is 0 Å². The molecule has 0 bridgehead atoms. The Hall–Kier alpha value is -1.44. The number of hydrogen-bond donors (Lipinski definition) is 3. The van der Waals surface area contributed by atoms with Gasteiger partial charge in [-0.15, -0.1) is 0 Å². The molecule has 0 saturated carbocycles. The number of hydrogen-bond acceptors (Lipinski definition) is 4. The van der Waals surface area contributed by atoms with E-state index in [0.29, 0.717) is 12.2 Å². The lowest BCUT2D eigenvalue weighted by Gasteiger charge is -2.21. The topological polar surface area (TPSA) is 101 Å². The van der Waals surface area contributed by atoms with Crippen molar-refractivity contribution >= 4 is 21.6 Å². The molecule has 1 aromatic carbocycles. The Kier molecular flexibility index (Phi) is 5.27. The van der Waals surface area contributed by atoms with Crippen molar-refractivity contribution in [3.63, 3.8) is 0 Å². The zero-order valence-corrected chi connectivity index (χ0v) is 12.8. The SMILES string of the molecule is CCNS(=O)(=O)c1ccc(NC(=O)C(C)(C)CN)cc1. The van der Waals surface area contributed by atoms with Gasteiger partial charge >= 0.3 is 0 Å². The van der Waals surface area contributed by atoms with Crippen LogP contribution in [0.3, 0.4) is 0 Å². The fourth-order valence-electron chi connectivity index (χ4n) is 1.38. The van der Waals surface area contributed by atoms with Crippen molar-refractivity contribution in [1.82, 2.24) is 4.72 Å². The van der Waals surface area contributed by atoms with Crippen molar-refractivity contribution in [3.05, 3.63) is 24.3 Å². The second-order valence-corrected chi connectivity index (χ2v) is 6.83. The standard InChI is InChI=1S/C13H21N3O3S/c1-4-15-20(18,19)11-7-5-10(6-8-11)16-12(17)13(2,3)9-14/h5-8,15H,4,9,14H2,1-3H3,(H,16,17). The average Bonchev–Trinajstić information content (AvgIpc) is 2.39. The molecule has 0 atom stereocenters. The fourth-order valence-corrected chi connectivity index (χ4v) is 2.42. The quantitative estimate of drug-likeness (QED) is 0.726. The van der Waals surface area contributed by atoms with Gasteiger partial charge < -0.3 is 11.1 Å². The van der Waals surface area contributed by atoms with Gasteiger partial charge in [-0.3, -0.25) is 4.79 Å². The molecule has 0 aliphatic heterocycles. The molecule has 0 unspecified atom stereocenters. The zero-order chi connectivity index (χ0) is 15.4. The van der Waals surface area contributed by atoms with Crippen LogP contribution in [0.5, 0.6) is 0 Å². The van der Waals surface area contributed by atoms with E-state index in [-0.39, 0.29) is 17.3 Å². The largest absolute Gasteiger partial charge is 0.329 e. The summed E-state index contributed by atoms with van der Waals surface area (Å²) in [7, 11) is -3.47. The zero-order valence-electron chi connectivity index (χ0n) is 11.9. The molecule has 0 aliphatic rings. The highest BCUT2D eigenvalue weighted by Gasteiger charge is 2.25. The number of rotatable bonds is 6. The molecule has 4 N–H and O–H groups in total. The Morgan fingerprint density at radius 2 is 1.80 bits per heavy atom. The van der Waals surface area contributed by atoms with Crippen LogP contribution in [-0.4, -0.2) is 27.4 Å². The number of amides is 1. The number of nitrogens with two attached hydrogens (primary N) is 1. The van der Waals surface area contributed by atoms with Gasteiger partial charge in [0.2, 0.25) is 15.9 Å². The Morgan fingerprint density at radius 1 is 1.25 bits per heavy atom. The van der Waals surface area contributed by atoms with Crippen LogP contribution in [-0.2, 0) is 14.8 Å². The third-order valence-electron chi connectivity index (χ3n) is 2.88. The van der Waals surface area contributed by atoms with E-state index in [2.05, 4.69) is 10.0 Å². The van der Waals surface area contributed by atoms with E-state index in [9.17, 15) is 13.2 Å². The molecule has 112 valence electrons. The van der Waals surface area contributed by atoms with E-state index in [1.807, 2.05) is 0 Å². The third kappa shape index (κ3) is 4.03. The van der Waals surface area contributed by atoms with Gasteiger partial charge in [0.05, 0.1) is 10.3 Å². The third-order valence-corrected chi connectivity index (χ3v) is 4.44. The second-order valence-electron chi connectivity index (χ2n) is 5.07. The molecule has 7 heteroatoms. The summed E-state index contributed by atoms with van der Waals surface area (Å²) in [5.74, 6) is -0.206. The van der Waals surface area contributed by atoms with Crippen LogP contribution in [0, 0.1) is 5.41 Å². The van der Waals surface area contributed by atoms with Gasteiger partial charge in [0, 0.05) is 18.8 Å². The van der Waals surface area contributed by atoms with E-state index in [1.165, 1.54) is 12.1 Å². The van der Waals surface area contributed by atoms with E-state index >= 15 is 0 Å². The van der Waals surface area contributed by atoms with Gasteiger partial charge in [-0.25, -0.2) is 13.1 Å². The highest BCUT2D eigenvalue weighted by Crippen LogP contribution is 2.18. The molecule has 0 radical (unpaired) electrons. The first-order valence-electron chi connectivity index (χ1n) is 6.34. The lowest BCUT2D eigenvalue weighted by atomic mass is 9.92. The summed E-state index contributed by atoms with van der Waals surface area (Å²) < 4.78 is 25.9. The van der Waals surface area contributed by atoms with Crippen molar-refractivity contribution in [2.75, 3.05) is 18.4 Å². The number of anilines is 1. The molecule has 1 amide bonds. The monoisotopic (exact) mass is 299 g/mol. The number of benzene rings is 1. The second kappa shape index (κ2) is 6.34. The summed E-state index contributed by atoms with van der Waals surface area (Å²) in [5, 5.41) is 2.71. The van der Waals surface area contributed by atoms with Crippen molar-refractivity contribution in [2.45, 2.75) is 25.7 Å². The Labute approximate surface area is 119 Å². The first kappa shape index (κ1) is 16.6. The first-order chi connectivity index (χ1) is 9.23. The molecule has 0 aliphatic carbocycles. The predicted octanol–water partition coefficient (Wildman–Crippen LogP) is 0.908. The van der Waals surface area contributed by atoms with Crippen LogP contribution >= 0.6 is 0 Å². The minimum absolute atomic E-state index is 0.162. The van der Waals surface area contributed by atoms with Gasteiger partial charge in [0.25, 0.3) is 0 Å². The molecule has 6 nitrogen and oxygen atoms in total. The van der Waals surface area contributed by atoms with Crippen LogP contribution in [0.1, 0.15) is 20.8 Å². The number of carbonyl (C=O) groups excluding carboxylic acids is 1. The van der Waals surface area contributed by atoms with E-state index < -0.39 is 15.4 Å². The molecule has 20 heavy (non-hydrogen) atoms. The van der Waals surface area contributed by atoms with Crippen molar-refractivity contribution < 1.29 is 13.2 Å². The molecule has 0 fully saturated rings. The van der Waals surface area contributed by atoms with Crippen molar-refractivity contribution in [3.8, 4) is 0 Å². The summed E-state index contributed by atoms with van der Waals surface area (Å²) in [6.07, 6.45) is 0. The molecule has 1 aromatic rings. The number of carbonyl (C=O) groups is 1. The predicted molar refractivity (Wildman–Crippen MR) is 78.8 cm³/mol. The van der Waals surface area contributed by atoms with Gasteiger partial charge in [0.15, 0.2) is 0 Å². The van der Waals surface area contributed by atoms with Crippen LogP contribution in [0.15, 0.2) is 29.2 Å². The molecular formula is C13H21N3O3S. The average molecular weight is 299 g/mol. The van der Waals surface area contributed by atoms with E-state index in [1.54, 1.807) is 32.9 Å². The van der Waals surface area contributed by atoms with Crippen molar-refractivity contribution in [2.24, 2.45) is 11.1 Å². The first-order valence-corrected chi connectivity index (χ1v) is 7.82. The highest BCUT2D eigenvalue weighted by atomic mass is 32.2. The van der Waals surface area contributed by atoms with Crippen LogP contribution in [0.25, 0.3) is 0 Å². The van der Waals surface area contributed by atoms with E-state index in [0.717, 1.165) is 0 Å². The number of nitrogens with one attached hydrogen (secondary N) is 2. The molecule has 0 spiro atoms. The van der Waals surface area contributed by atoms with E-state index in [4.69, 9.17) is 5.73 Å². The highest BCUT2D eigenvalue weighted by molar-refractivity contribution is 7.89. The Balaban J connectivity index is 2.86. The Morgan fingerprint density at radius 3 is 2.25 bits per heavy atom. The normalized spacial score (nSPS) is 12.2. The lowest BCUT2D eigenvalue weighted by Crippen LogP contribution is -2.37. The minimum Gasteiger partial charge on any atom is -0.329 e. The summed E-state index contributed by atoms with van der Waals surface area (Å²) in [5.41, 5.74) is 5.39. The summed E-state index contributed by atoms with van der Waals surface area (Å²) in [6, 6.07) is 6.00. The maximum atomic E-state index is 11.9. The number of sulfonamides is 1. The summed E-state index contributed by atoms with van der Waals surface area (Å²) in [4.78, 5) is 12.1. The van der Waals surface area contributed by atoms with Crippen LogP contribution in [0.2, 0.25) is 0 Å². The molecular weight excluding hydrogens is 278 g/mol. The van der Waals surface area contributed by atoms with Gasteiger partial charge in [-0.05, 0) is 38.1 Å². The lowest BCUT2D eigenvalue weighted by molar-refractivity contribution is -0.123. The molecule has 0 aromatic heterocycles. The van der Waals surface area contributed by atoms with Crippen molar-refractivity contribution in [1.29, 1.82) is 0 Å². The Bertz CT molecular complexity index is 565. The molecule has 1 rings (SSSR count). The van der Waals surface area contributed by atoms with Gasteiger partial charge in [-0.1, -0.05) is 6.92 Å². The summed E-state index contributed by atoms with van der Waals surface area (Å²) in [6.45, 7) is 5.75. The molecule has 0 saturated heterocycles. The van der Waals surface area contributed by atoms with Gasteiger partial charge in [0.1, 0.15) is 0 Å². The maximum absolute atomic E-state index is 11.9. The smallest absolute Gasteiger partial charge is 0.240 e. The molecule has 0 heterocycles. The summed E-state index contributed by atoms with van der Waals surface area (Å²) >= 11 is 0. The minimum atomic E-state index is -3.47. The maximum Gasteiger partial charge on any atom is 0.240 e.